The largest absolute Gasteiger partial charge is 0.493 e. The first kappa shape index (κ1) is 19.6. The average molecular weight is 400 g/mol. The van der Waals surface area contributed by atoms with Crippen molar-refractivity contribution >= 4 is 46.7 Å². The molecule has 2 rings (SSSR count). The molecular weight excluding hydrogens is 383 g/mol. The van der Waals surface area contributed by atoms with Gasteiger partial charge >= 0.3 is 0 Å². The number of allylic oxidation sites excluding steroid dienone is 1. The Hall–Kier alpha value is -1.68. The van der Waals surface area contributed by atoms with Gasteiger partial charge in [-0.15, -0.1) is 0 Å². The third-order valence-corrected chi connectivity index (χ3v) is 4.59. The number of hydrogen-bond donors (Lipinski definition) is 0. The highest BCUT2D eigenvalue weighted by Crippen LogP contribution is 2.34. The van der Waals surface area contributed by atoms with E-state index in [1.165, 1.54) is 12.1 Å². The molecule has 2 aromatic carbocycles. The van der Waals surface area contributed by atoms with Crippen molar-refractivity contribution in [3.8, 4) is 11.5 Å². The number of benzene rings is 2. The lowest BCUT2D eigenvalue weighted by molar-refractivity contribution is 0.104. The average Bonchev–Trinajstić information content (AvgIpc) is 2.58. The Labute approximate surface area is 162 Å². The summed E-state index contributed by atoms with van der Waals surface area (Å²) in [5.74, 6) is 0.877. The van der Waals surface area contributed by atoms with E-state index >= 15 is 0 Å². The standard InChI is InChI=1S/C19H17Cl3O3/c1-11(2)25-19-12(5-4-6-16(19)24-3)7-10-15(23)13-8-9-14(20)18(22)17(13)21/h4-11H,1-3H3/b10-7+. The Bertz CT molecular complexity index is 814. The van der Waals surface area contributed by atoms with Gasteiger partial charge in [-0.3, -0.25) is 4.79 Å². The summed E-state index contributed by atoms with van der Waals surface area (Å²) in [6, 6.07) is 8.53. The van der Waals surface area contributed by atoms with E-state index in [2.05, 4.69) is 0 Å². The number of hydrogen-bond acceptors (Lipinski definition) is 3. The topological polar surface area (TPSA) is 35.5 Å². The van der Waals surface area contributed by atoms with Gasteiger partial charge in [0.05, 0.1) is 28.3 Å². The zero-order chi connectivity index (χ0) is 18.6. The van der Waals surface area contributed by atoms with Crippen molar-refractivity contribution in [2.24, 2.45) is 0 Å². The summed E-state index contributed by atoms with van der Waals surface area (Å²) < 4.78 is 11.1. The molecular formula is C19H17Cl3O3. The highest BCUT2D eigenvalue weighted by molar-refractivity contribution is 6.49. The predicted molar refractivity (Wildman–Crippen MR) is 104 cm³/mol. The van der Waals surface area contributed by atoms with Gasteiger partial charge in [-0.1, -0.05) is 46.9 Å². The van der Waals surface area contributed by atoms with Crippen LogP contribution in [0.4, 0.5) is 0 Å². The lowest BCUT2D eigenvalue weighted by Crippen LogP contribution is -2.08. The number of halogens is 3. The van der Waals surface area contributed by atoms with Gasteiger partial charge < -0.3 is 9.47 Å². The van der Waals surface area contributed by atoms with E-state index in [1.54, 1.807) is 25.3 Å². The minimum Gasteiger partial charge on any atom is -0.493 e. The molecule has 3 nitrogen and oxygen atoms in total. The molecule has 0 amide bonds. The summed E-state index contributed by atoms with van der Waals surface area (Å²) in [4.78, 5) is 12.4. The molecule has 2 aromatic rings. The molecule has 0 radical (unpaired) electrons. The molecule has 0 spiro atoms. The van der Waals surface area contributed by atoms with Crippen molar-refractivity contribution in [3.63, 3.8) is 0 Å². The molecule has 0 fully saturated rings. The molecule has 0 aliphatic carbocycles. The Morgan fingerprint density at radius 1 is 1.08 bits per heavy atom. The summed E-state index contributed by atoms with van der Waals surface area (Å²) in [7, 11) is 1.57. The first-order valence-electron chi connectivity index (χ1n) is 7.54. The van der Waals surface area contributed by atoms with Gasteiger partial charge in [0.2, 0.25) is 0 Å². The Morgan fingerprint density at radius 2 is 1.80 bits per heavy atom. The molecule has 0 aliphatic rings. The number of ketones is 1. The molecule has 6 heteroatoms. The van der Waals surface area contributed by atoms with Gasteiger partial charge in [0.15, 0.2) is 17.3 Å². The van der Waals surface area contributed by atoms with Crippen molar-refractivity contribution in [1.29, 1.82) is 0 Å². The quantitative estimate of drug-likeness (QED) is 0.323. The van der Waals surface area contributed by atoms with E-state index in [0.29, 0.717) is 16.5 Å². The van der Waals surface area contributed by atoms with Gasteiger partial charge in [-0.25, -0.2) is 0 Å². The molecule has 0 bridgehead atoms. The van der Waals surface area contributed by atoms with Gasteiger partial charge in [0.25, 0.3) is 0 Å². The maximum absolute atomic E-state index is 12.4. The molecule has 0 saturated carbocycles. The van der Waals surface area contributed by atoms with Crippen molar-refractivity contribution in [3.05, 3.63) is 62.6 Å². The van der Waals surface area contributed by atoms with Crippen LogP contribution < -0.4 is 9.47 Å². The van der Waals surface area contributed by atoms with Crippen LogP contribution >= 0.6 is 34.8 Å². The second kappa shape index (κ2) is 8.61. The van der Waals surface area contributed by atoms with Crippen molar-refractivity contribution in [2.75, 3.05) is 7.11 Å². The molecule has 0 unspecified atom stereocenters. The summed E-state index contributed by atoms with van der Waals surface area (Å²) in [6.07, 6.45) is 3.03. The van der Waals surface area contributed by atoms with Crippen LogP contribution in [0.25, 0.3) is 6.08 Å². The van der Waals surface area contributed by atoms with Crippen LogP contribution in [0.3, 0.4) is 0 Å². The first-order chi connectivity index (χ1) is 11.8. The predicted octanol–water partition coefficient (Wildman–Crippen LogP) is 6.34. The number of ether oxygens (including phenoxy) is 2. The Morgan fingerprint density at radius 3 is 2.44 bits per heavy atom. The Kier molecular flexibility index (Phi) is 6.77. The maximum Gasteiger partial charge on any atom is 0.187 e. The number of carbonyl (C=O) groups excluding carboxylic acids is 1. The van der Waals surface area contributed by atoms with Crippen LogP contribution in [0.5, 0.6) is 11.5 Å². The zero-order valence-corrected chi connectivity index (χ0v) is 16.2. The van der Waals surface area contributed by atoms with E-state index < -0.39 is 0 Å². The molecule has 132 valence electrons. The van der Waals surface area contributed by atoms with Crippen LogP contribution in [0.2, 0.25) is 15.1 Å². The molecule has 0 aliphatic heterocycles. The summed E-state index contributed by atoms with van der Waals surface area (Å²) in [5.41, 5.74) is 0.999. The SMILES string of the molecule is COc1cccc(/C=C/C(=O)c2ccc(Cl)c(Cl)c2Cl)c1OC(C)C. The van der Waals surface area contributed by atoms with Crippen LogP contribution in [0.1, 0.15) is 29.8 Å². The van der Waals surface area contributed by atoms with Crippen molar-refractivity contribution in [1.82, 2.24) is 0 Å². The van der Waals surface area contributed by atoms with E-state index in [1.807, 2.05) is 26.0 Å². The first-order valence-corrected chi connectivity index (χ1v) is 8.68. The minimum absolute atomic E-state index is 0.0383. The molecule has 0 saturated heterocycles. The van der Waals surface area contributed by atoms with Gasteiger partial charge in [0, 0.05) is 11.1 Å². The normalized spacial score (nSPS) is 11.2. The van der Waals surface area contributed by atoms with E-state index in [0.717, 1.165) is 5.56 Å². The third-order valence-electron chi connectivity index (χ3n) is 3.30. The highest BCUT2D eigenvalue weighted by Gasteiger charge is 2.14. The van der Waals surface area contributed by atoms with Crippen molar-refractivity contribution in [2.45, 2.75) is 20.0 Å². The number of rotatable bonds is 6. The lowest BCUT2D eigenvalue weighted by atomic mass is 10.1. The summed E-state index contributed by atoms with van der Waals surface area (Å²) in [6.45, 7) is 3.83. The second-order valence-electron chi connectivity index (χ2n) is 5.47. The smallest absolute Gasteiger partial charge is 0.187 e. The molecule has 0 aromatic heterocycles. The minimum atomic E-state index is -0.290. The van der Waals surface area contributed by atoms with Crippen molar-refractivity contribution < 1.29 is 14.3 Å². The summed E-state index contributed by atoms with van der Waals surface area (Å²) >= 11 is 18.0. The van der Waals surface area contributed by atoms with Crippen LogP contribution in [-0.4, -0.2) is 19.0 Å². The molecule has 0 atom stereocenters. The fourth-order valence-electron chi connectivity index (χ4n) is 2.16. The number of para-hydroxylation sites is 1. The fourth-order valence-corrected chi connectivity index (χ4v) is 2.79. The molecule has 0 N–H and O–H groups in total. The van der Waals surface area contributed by atoms with Crippen LogP contribution in [0, 0.1) is 0 Å². The van der Waals surface area contributed by atoms with Gasteiger partial charge in [-0.2, -0.15) is 0 Å². The Balaban J connectivity index is 2.36. The van der Waals surface area contributed by atoms with E-state index in [4.69, 9.17) is 44.3 Å². The number of methoxy groups -OCH3 is 1. The van der Waals surface area contributed by atoms with E-state index in [9.17, 15) is 4.79 Å². The fraction of sp³-hybridized carbons (Fsp3) is 0.211. The maximum atomic E-state index is 12.4. The summed E-state index contributed by atoms with van der Waals surface area (Å²) in [5, 5.41) is 0.591. The van der Waals surface area contributed by atoms with Crippen LogP contribution in [-0.2, 0) is 0 Å². The second-order valence-corrected chi connectivity index (χ2v) is 6.63. The van der Waals surface area contributed by atoms with E-state index in [-0.39, 0.29) is 27.5 Å². The number of carbonyl (C=O) groups is 1. The highest BCUT2D eigenvalue weighted by atomic mass is 35.5. The molecule has 0 heterocycles. The zero-order valence-electron chi connectivity index (χ0n) is 14.0. The third kappa shape index (κ3) is 4.69. The lowest BCUT2D eigenvalue weighted by Gasteiger charge is -2.15. The van der Waals surface area contributed by atoms with Crippen LogP contribution in [0.15, 0.2) is 36.4 Å². The monoisotopic (exact) mass is 398 g/mol. The molecule has 25 heavy (non-hydrogen) atoms. The van der Waals surface area contributed by atoms with Gasteiger partial charge in [0.1, 0.15) is 0 Å². The van der Waals surface area contributed by atoms with Gasteiger partial charge in [-0.05, 0) is 44.2 Å².